The quantitative estimate of drug-likeness (QED) is 0.437. The molecule has 0 bridgehead atoms. The molecule has 0 radical (unpaired) electrons. The Bertz CT molecular complexity index is 120. The molecule has 3 N–H and O–H groups in total. The summed E-state index contributed by atoms with van der Waals surface area (Å²) in [6.07, 6.45) is 8.91. The lowest BCUT2D eigenvalue weighted by Crippen LogP contribution is -2.40. The van der Waals surface area contributed by atoms with Crippen LogP contribution in [0.5, 0.6) is 0 Å². The highest BCUT2D eigenvalue weighted by molar-refractivity contribution is 6.50. The van der Waals surface area contributed by atoms with Crippen molar-refractivity contribution in [1.29, 1.82) is 0 Å². The first kappa shape index (κ1) is 17.1. The van der Waals surface area contributed by atoms with Crippen LogP contribution in [-0.4, -0.2) is 14.3 Å². The van der Waals surface area contributed by atoms with Crippen molar-refractivity contribution in [3.8, 4) is 0 Å². The summed E-state index contributed by atoms with van der Waals surface area (Å²) in [5.41, 5.74) is 3.25. The molecule has 0 aliphatic heterocycles. The fourth-order valence-corrected chi connectivity index (χ4v) is 1.09. The molecule has 1 rings (SSSR count). The van der Waals surface area contributed by atoms with E-state index in [0.717, 1.165) is 5.92 Å². The van der Waals surface area contributed by atoms with Crippen LogP contribution in [0.15, 0.2) is 0 Å². The van der Waals surface area contributed by atoms with E-state index in [9.17, 15) is 17.3 Å². The molecule has 0 amide bonds. The van der Waals surface area contributed by atoms with E-state index in [1.54, 1.807) is 7.05 Å². The number of halogens is 4. The second kappa shape index (κ2) is 10.3. The average molecular weight is 231 g/mol. The zero-order valence-electron chi connectivity index (χ0n) is 9.62. The van der Waals surface area contributed by atoms with Crippen molar-refractivity contribution in [3.05, 3.63) is 0 Å². The Kier molecular flexibility index (Phi) is 11.7. The molecule has 1 aliphatic carbocycles. The lowest BCUT2D eigenvalue weighted by Gasteiger charge is -1.94. The lowest BCUT2D eigenvalue weighted by molar-refractivity contribution is -0.325. The highest BCUT2D eigenvalue weighted by atomic mass is 19.5. The number of hydrogen-bond donors (Lipinski definition) is 1. The van der Waals surface area contributed by atoms with E-state index in [4.69, 9.17) is 0 Å². The van der Waals surface area contributed by atoms with Gasteiger partial charge in [0.1, 0.15) is 0 Å². The third-order valence-electron chi connectivity index (χ3n) is 1.91. The number of hydrogen-bond acceptors (Lipinski definition) is 0. The number of quaternary nitrogens is 1. The maximum atomic E-state index is 9.75. The van der Waals surface area contributed by atoms with Crippen LogP contribution < -0.4 is 5.73 Å². The molecule has 0 aromatic heterocycles. The van der Waals surface area contributed by atoms with Gasteiger partial charge in [0.05, 0.1) is 7.05 Å². The van der Waals surface area contributed by atoms with Crippen LogP contribution in [0.1, 0.15) is 45.4 Å². The Morgan fingerprint density at radius 3 is 1.73 bits per heavy atom. The standard InChI is InChI=1S/C8H16.CH5N.BF4/c1-2-3-4-5-8-6-7-8;1-2;2-1(3,4)5/h8H,2-7H2,1H3;2H2,1H3;/q;;-1/p+1. The predicted octanol–water partition coefficient (Wildman–Crippen LogP) is 3.13. The number of rotatable bonds is 4. The molecule has 0 heterocycles. The molecule has 0 spiro atoms. The first-order valence-corrected chi connectivity index (χ1v) is 5.51. The van der Waals surface area contributed by atoms with Crippen LogP contribution in [-0.2, 0) is 0 Å². The summed E-state index contributed by atoms with van der Waals surface area (Å²) in [7, 11) is -4.25. The van der Waals surface area contributed by atoms with E-state index >= 15 is 0 Å². The topological polar surface area (TPSA) is 27.6 Å². The summed E-state index contributed by atoms with van der Waals surface area (Å²) in [6.45, 7) is 2.27. The Balaban J connectivity index is 0. The molecule has 0 aromatic rings. The Labute approximate surface area is 89.5 Å². The normalized spacial score (nSPS) is 14.6. The molecular formula is C9H22BF4N. The molecule has 0 aromatic carbocycles. The van der Waals surface area contributed by atoms with Gasteiger partial charge in [-0.25, -0.2) is 0 Å². The maximum Gasteiger partial charge on any atom is 0.673 e. The first-order valence-electron chi connectivity index (χ1n) is 5.51. The van der Waals surface area contributed by atoms with Gasteiger partial charge in [0.2, 0.25) is 0 Å². The molecular weight excluding hydrogens is 209 g/mol. The summed E-state index contributed by atoms with van der Waals surface area (Å²) in [5.74, 6) is 1.15. The summed E-state index contributed by atoms with van der Waals surface area (Å²) in [5, 5.41) is 0. The van der Waals surface area contributed by atoms with Gasteiger partial charge in [0.25, 0.3) is 0 Å². The fourth-order valence-electron chi connectivity index (χ4n) is 1.09. The van der Waals surface area contributed by atoms with Crippen molar-refractivity contribution in [2.45, 2.75) is 45.4 Å². The van der Waals surface area contributed by atoms with Crippen LogP contribution >= 0.6 is 0 Å². The van der Waals surface area contributed by atoms with Gasteiger partial charge in [-0.05, 0) is 5.92 Å². The van der Waals surface area contributed by atoms with E-state index in [0.29, 0.717) is 0 Å². The minimum absolute atomic E-state index is 1.15. The Morgan fingerprint density at radius 2 is 1.47 bits per heavy atom. The van der Waals surface area contributed by atoms with Crippen molar-refractivity contribution in [3.63, 3.8) is 0 Å². The first-order chi connectivity index (χ1) is 6.93. The van der Waals surface area contributed by atoms with E-state index < -0.39 is 7.25 Å². The highest BCUT2D eigenvalue weighted by Crippen LogP contribution is 2.33. The van der Waals surface area contributed by atoms with Gasteiger partial charge in [0.15, 0.2) is 0 Å². The molecule has 6 heteroatoms. The molecule has 1 aliphatic rings. The molecule has 0 atom stereocenters. The lowest BCUT2D eigenvalue weighted by atomic mass is 10.1. The largest absolute Gasteiger partial charge is 0.673 e. The van der Waals surface area contributed by atoms with Crippen molar-refractivity contribution in [2.24, 2.45) is 5.92 Å². The van der Waals surface area contributed by atoms with Crippen LogP contribution in [0.4, 0.5) is 17.3 Å². The van der Waals surface area contributed by atoms with Crippen LogP contribution in [0.25, 0.3) is 0 Å². The summed E-state index contributed by atoms with van der Waals surface area (Å²) < 4.78 is 39.0. The predicted molar refractivity (Wildman–Crippen MR) is 55.9 cm³/mol. The molecule has 1 saturated carbocycles. The van der Waals surface area contributed by atoms with E-state index in [2.05, 4.69) is 12.7 Å². The van der Waals surface area contributed by atoms with Crippen LogP contribution in [0.3, 0.4) is 0 Å². The molecule has 0 unspecified atom stereocenters. The third kappa shape index (κ3) is 31.6. The van der Waals surface area contributed by atoms with Crippen molar-refractivity contribution in [2.75, 3.05) is 7.05 Å². The maximum absolute atomic E-state index is 9.75. The van der Waals surface area contributed by atoms with Gasteiger partial charge in [0, 0.05) is 0 Å². The van der Waals surface area contributed by atoms with Crippen molar-refractivity contribution < 1.29 is 23.0 Å². The smallest absolute Gasteiger partial charge is 0.418 e. The van der Waals surface area contributed by atoms with E-state index in [1.165, 1.54) is 38.5 Å². The zero-order chi connectivity index (χ0) is 12.3. The van der Waals surface area contributed by atoms with Crippen LogP contribution in [0.2, 0.25) is 0 Å². The van der Waals surface area contributed by atoms with Gasteiger partial charge in [-0.1, -0.05) is 45.4 Å². The minimum Gasteiger partial charge on any atom is -0.418 e. The van der Waals surface area contributed by atoms with Gasteiger partial charge in [-0.2, -0.15) is 0 Å². The molecule has 1 fully saturated rings. The summed E-state index contributed by atoms with van der Waals surface area (Å²) >= 11 is 0. The van der Waals surface area contributed by atoms with E-state index in [1.807, 2.05) is 0 Å². The minimum atomic E-state index is -6.00. The Morgan fingerprint density at radius 1 is 1.07 bits per heavy atom. The highest BCUT2D eigenvalue weighted by Gasteiger charge is 2.20. The number of unbranched alkanes of at least 4 members (excludes halogenated alkanes) is 2. The van der Waals surface area contributed by atoms with Gasteiger partial charge < -0.3 is 23.0 Å². The third-order valence-corrected chi connectivity index (χ3v) is 1.91. The second-order valence-corrected chi connectivity index (χ2v) is 3.43. The summed E-state index contributed by atoms with van der Waals surface area (Å²) in [6, 6.07) is 0. The second-order valence-electron chi connectivity index (χ2n) is 3.43. The van der Waals surface area contributed by atoms with Crippen LogP contribution in [0, 0.1) is 5.92 Å². The SMILES string of the molecule is CCCCCC1CC1.C[NH3+].F[B-](F)(F)F. The average Bonchev–Trinajstić information content (AvgIpc) is 2.89. The molecule has 0 saturated heterocycles. The zero-order valence-corrected chi connectivity index (χ0v) is 9.62. The molecule has 1 nitrogen and oxygen atoms in total. The Hall–Kier alpha value is -0.255. The monoisotopic (exact) mass is 231 g/mol. The van der Waals surface area contributed by atoms with Gasteiger partial charge >= 0.3 is 7.25 Å². The van der Waals surface area contributed by atoms with E-state index in [-0.39, 0.29) is 0 Å². The van der Waals surface area contributed by atoms with Gasteiger partial charge in [-0.3, -0.25) is 0 Å². The molecule has 15 heavy (non-hydrogen) atoms. The van der Waals surface area contributed by atoms with Crippen molar-refractivity contribution >= 4 is 7.25 Å². The fraction of sp³-hybridized carbons (Fsp3) is 1.00. The van der Waals surface area contributed by atoms with Crippen molar-refractivity contribution in [1.82, 2.24) is 0 Å². The summed E-state index contributed by atoms with van der Waals surface area (Å²) in [4.78, 5) is 0. The molecule has 94 valence electrons. The van der Waals surface area contributed by atoms with Gasteiger partial charge in [-0.15, -0.1) is 0 Å².